The molecule has 0 spiro atoms. The predicted octanol–water partition coefficient (Wildman–Crippen LogP) is 3.62. The zero-order valence-corrected chi connectivity index (χ0v) is 16.7. The predicted molar refractivity (Wildman–Crippen MR) is 111 cm³/mol. The van der Waals surface area contributed by atoms with Crippen molar-refractivity contribution in [2.24, 2.45) is 0 Å². The van der Waals surface area contributed by atoms with Gasteiger partial charge < -0.3 is 9.64 Å². The number of rotatable bonds is 8. The zero-order valence-electron chi connectivity index (χ0n) is 16.7. The summed E-state index contributed by atoms with van der Waals surface area (Å²) in [5.41, 5.74) is 3.21. The summed E-state index contributed by atoms with van der Waals surface area (Å²) in [5, 5.41) is 4.70. The number of carbonyl (C=O) groups excluding carboxylic acids is 2. The van der Waals surface area contributed by atoms with Crippen LogP contribution in [0.5, 0.6) is 0 Å². The van der Waals surface area contributed by atoms with Crippen molar-refractivity contribution >= 4 is 11.9 Å². The summed E-state index contributed by atoms with van der Waals surface area (Å²) in [6.07, 6.45) is 2.63. The third kappa shape index (κ3) is 5.31. The molecule has 0 aliphatic heterocycles. The Balaban J connectivity index is 1.83. The van der Waals surface area contributed by atoms with E-state index in [1.165, 1.54) is 7.11 Å². The van der Waals surface area contributed by atoms with Crippen LogP contribution in [0.1, 0.15) is 28.8 Å². The highest BCUT2D eigenvalue weighted by molar-refractivity contribution is 5.99. The van der Waals surface area contributed by atoms with E-state index in [4.69, 9.17) is 5.10 Å². The van der Waals surface area contributed by atoms with Gasteiger partial charge in [-0.05, 0) is 12.0 Å². The fourth-order valence-electron chi connectivity index (χ4n) is 3.11. The van der Waals surface area contributed by atoms with Crippen LogP contribution >= 0.6 is 0 Å². The second-order valence-electron chi connectivity index (χ2n) is 6.85. The van der Waals surface area contributed by atoms with Gasteiger partial charge in [0.15, 0.2) is 0 Å². The molecule has 6 nitrogen and oxygen atoms in total. The summed E-state index contributed by atoms with van der Waals surface area (Å²) in [7, 11) is 3.10. The standard InChI is InChI=1S/C23H25N3O3/c1-25(15-9-14-21(27)29-2)23(28)20-17-26(16-18-10-5-3-6-11-18)24-22(20)19-12-7-4-8-13-19/h3-8,10-13,17H,9,14-16H2,1-2H3. The first-order chi connectivity index (χ1) is 14.1. The Bertz CT molecular complexity index is 952. The van der Waals surface area contributed by atoms with Crippen LogP contribution in [0.15, 0.2) is 66.9 Å². The molecule has 3 rings (SSSR count). The number of ether oxygens (including phenoxy) is 1. The van der Waals surface area contributed by atoms with E-state index in [9.17, 15) is 9.59 Å². The van der Waals surface area contributed by atoms with E-state index in [2.05, 4.69) is 4.74 Å². The number of esters is 1. The highest BCUT2D eigenvalue weighted by atomic mass is 16.5. The molecule has 3 aromatic rings. The summed E-state index contributed by atoms with van der Waals surface area (Å²) >= 11 is 0. The van der Waals surface area contributed by atoms with Crippen LogP contribution in [0.2, 0.25) is 0 Å². The van der Waals surface area contributed by atoms with Gasteiger partial charge in [0.1, 0.15) is 5.69 Å². The van der Waals surface area contributed by atoms with Crippen molar-refractivity contribution in [3.05, 3.63) is 78.0 Å². The van der Waals surface area contributed by atoms with Crippen molar-refractivity contribution in [2.75, 3.05) is 20.7 Å². The highest BCUT2D eigenvalue weighted by Crippen LogP contribution is 2.23. The maximum Gasteiger partial charge on any atom is 0.305 e. The Hall–Kier alpha value is -3.41. The molecule has 0 aliphatic carbocycles. The third-order valence-corrected chi connectivity index (χ3v) is 4.68. The van der Waals surface area contributed by atoms with Gasteiger partial charge in [0.05, 0.1) is 19.2 Å². The van der Waals surface area contributed by atoms with Gasteiger partial charge in [-0.15, -0.1) is 0 Å². The van der Waals surface area contributed by atoms with Crippen LogP contribution in [0.4, 0.5) is 0 Å². The molecule has 0 unspecified atom stereocenters. The minimum atomic E-state index is -0.272. The van der Waals surface area contributed by atoms with Crippen LogP contribution in [0.25, 0.3) is 11.3 Å². The molecule has 150 valence electrons. The molecule has 0 aliphatic rings. The van der Waals surface area contributed by atoms with Crippen molar-refractivity contribution in [2.45, 2.75) is 19.4 Å². The average Bonchev–Trinajstić information content (AvgIpc) is 3.18. The second kappa shape index (κ2) is 9.68. The van der Waals surface area contributed by atoms with Gasteiger partial charge in [-0.3, -0.25) is 14.3 Å². The second-order valence-corrected chi connectivity index (χ2v) is 6.85. The zero-order chi connectivity index (χ0) is 20.6. The molecule has 29 heavy (non-hydrogen) atoms. The van der Waals surface area contributed by atoms with Crippen molar-refractivity contribution in [1.29, 1.82) is 0 Å². The number of amides is 1. The first-order valence-corrected chi connectivity index (χ1v) is 9.57. The molecule has 0 radical (unpaired) electrons. The summed E-state index contributed by atoms with van der Waals surface area (Å²) < 4.78 is 6.46. The van der Waals surface area contributed by atoms with E-state index in [0.29, 0.717) is 30.8 Å². The first kappa shape index (κ1) is 20.3. The fraction of sp³-hybridized carbons (Fsp3) is 0.261. The normalized spacial score (nSPS) is 10.6. The van der Waals surface area contributed by atoms with Crippen molar-refractivity contribution in [1.82, 2.24) is 14.7 Å². The topological polar surface area (TPSA) is 64.4 Å². The van der Waals surface area contributed by atoms with Crippen molar-refractivity contribution in [3.63, 3.8) is 0 Å². The number of hydrogen-bond donors (Lipinski definition) is 0. The minimum Gasteiger partial charge on any atom is -0.469 e. The number of carbonyl (C=O) groups is 2. The van der Waals surface area contributed by atoms with Gasteiger partial charge in [-0.1, -0.05) is 60.7 Å². The Labute approximate surface area is 170 Å². The van der Waals surface area contributed by atoms with Gasteiger partial charge in [0, 0.05) is 31.8 Å². The first-order valence-electron chi connectivity index (χ1n) is 9.57. The lowest BCUT2D eigenvalue weighted by molar-refractivity contribution is -0.140. The molecule has 0 atom stereocenters. The van der Waals surface area contributed by atoms with Crippen LogP contribution in [-0.2, 0) is 16.1 Å². The maximum absolute atomic E-state index is 13.1. The van der Waals surface area contributed by atoms with Gasteiger partial charge in [0.25, 0.3) is 5.91 Å². The molecule has 0 bridgehead atoms. The Morgan fingerprint density at radius 1 is 1.03 bits per heavy atom. The molecular formula is C23H25N3O3. The molecule has 0 saturated carbocycles. The van der Waals surface area contributed by atoms with Crippen molar-refractivity contribution < 1.29 is 14.3 Å². The quantitative estimate of drug-likeness (QED) is 0.550. The lowest BCUT2D eigenvalue weighted by Gasteiger charge is -2.16. The molecule has 0 saturated heterocycles. The molecule has 0 N–H and O–H groups in total. The molecule has 1 heterocycles. The van der Waals surface area contributed by atoms with Crippen LogP contribution in [-0.4, -0.2) is 47.3 Å². The van der Waals surface area contributed by atoms with E-state index < -0.39 is 0 Å². The summed E-state index contributed by atoms with van der Waals surface area (Å²) in [5.74, 6) is -0.389. The molecule has 2 aromatic carbocycles. The Morgan fingerprint density at radius 2 is 1.69 bits per heavy atom. The van der Waals surface area contributed by atoms with Crippen LogP contribution in [0, 0.1) is 0 Å². The fourth-order valence-corrected chi connectivity index (χ4v) is 3.11. The molecule has 0 fully saturated rings. The molecule has 1 amide bonds. The van der Waals surface area contributed by atoms with Gasteiger partial charge in [-0.2, -0.15) is 5.10 Å². The monoisotopic (exact) mass is 391 g/mol. The van der Waals surface area contributed by atoms with E-state index in [1.807, 2.05) is 60.7 Å². The number of methoxy groups -OCH3 is 1. The van der Waals surface area contributed by atoms with Gasteiger partial charge in [-0.25, -0.2) is 0 Å². The van der Waals surface area contributed by atoms with E-state index in [0.717, 1.165) is 11.1 Å². The lowest BCUT2D eigenvalue weighted by atomic mass is 10.1. The SMILES string of the molecule is COC(=O)CCCN(C)C(=O)c1cn(Cc2ccccc2)nc1-c1ccccc1. The molecule has 6 heteroatoms. The number of hydrogen-bond acceptors (Lipinski definition) is 4. The number of benzene rings is 2. The van der Waals surface area contributed by atoms with Crippen LogP contribution in [0.3, 0.4) is 0 Å². The van der Waals surface area contributed by atoms with Crippen molar-refractivity contribution in [3.8, 4) is 11.3 Å². The lowest BCUT2D eigenvalue weighted by Crippen LogP contribution is -2.28. The summed E-state index contributed by atoms with van der Waals surface area (Å²) in [6, 6.07) is 19.7. The van der Waals surface area contributed by atoms with E-state index in [-0.39, 0.29) is 18.3 Å². The van der Waals surface area contributed by atoms with E-state index >= 15 is 0 Å². The molecule has 1 aromatic heterocycles. The largest absolute Gasteiger partial charge is 0.469 e. The Kier molecular flexibility index (Phi) is 6.79. The summed E-state index contributed by atoms with van der Waals surface area (Å²) in [4.78, 5) is 26.0. The van der Waals surface area contributed by atoms with E-state index in [1.54, 1.807) is 22.8 Å². The highest BCUT2D eigenvalue weighted by Gasteiger charge is 2.21. The maximum atomic E-state index is 13.1. The smallest absolute Gasteiger partial charge is 0.305 e. The minimum absolute atomic E-state index is 0.118. The van der Waals surface area contributed by atoms with Gasteiger partial charge >= 0.3 is 5.97 Å². The Morgan fingerprint density at radius 3 is 2.34 bits per heavy atom. The molecular weight excluding hydrogens is 366 g/mol. The van der Waals surface area contributed by atoms with Gasteiger partial charge in [0.2, 0.25) is 0 Å². The number of nitrogens with zero attached hydrogens (tertiary/aromatic N) is 3. The number of aromatic nitrogens is 2. The van der Waals surface area contributed by atoms with Crippen LogP contribution < -0.4 is 0 Å². The summed E-state index contributed by atoms with van der Waals surface area (Å²) in [6.45, 7) is 1.05. The third-order valence-electron chi connectivity index (χ3n) is 4.68. The average molecular weight is 391 g/mol.